The molecule has 18 heavy (non-hydrogen) atoms. The molecule has 2 aromatic rings. The molecule has 0 amide bonds. The molecule has 1 aromatic heterocycles. The molecular formula is C13H17N3OS. The van der Waals surface area contributed by atoms with Crippen molar-refractivity contribution in [3.63, 3.8) is 0 Å². The van der Waals surface area contributed by atoms with Crippen LogP contribution in [-0.4, -0.2) is 21.6 Å². The van der Waals surface area contributed by atoms with Crippen LogP contribution in [-0.2, 0) is 6.42 Å². The van der Waals surface area contributed by atoms with Gasteiger partial charge in [-0.25, -0.2) is 0 Å². The van der Waals surface area contributed by atoms with Gasteiger partial charge in [0.25, 0.3) is 0 Å². The topological polar surface area (TPSA) is 63.8 Å². The number of hydrogen-bond donors (Lipinski definition) is 4. The lowest BCUT2D eigenvalue weighted by atomic mass is 10.2. The Morgan fingerprint density at radius 1 is 1.39 bits per heavy atom. The van der Waals surface area contributed by atoms with Crippen molar-refractivity contribution >= 4 is 17.9 Å². The number of aromatic nitrogens is 2. The Labute approximate surface area is 111 Å². The average Bonchev–Trinajstić information content (AvgIpc) is 2.76. The van der Waals surface area contributed by atoms with Crippen LogP contribution in [0.3, 0.4) is 0 Å². The van der Waals surface area contributed by atoms with Crippen LogP contribution in [0, 0.1) is 11.7 Å². The third kappa shape index (κ3) is 3.13. The molecule has 0 bridgehead atoms. The summed E-state index contributed by atoms with van der Waals surface area (Å²) in [5.74, 6) is 0.332. The number of nitrogens with one attached hydrogen (secondary N) is 3. The molecular weight excluding hydrogens is 246 g/mol. The maximum atomic E-state index is 9.83. The van der Waals surface area contributed by atoms with Gasteiger partial charge in [0, 0.05) is 18.4 Å². The smallest absolute Gasteiger partial charge is 0.174 e. The zero-order chi connectivity index (χ0) is 13.0. The second kappa shape index (κ2) is 5.73. The summed E-state index contributed by atoms with van der Waals surface area (Å²) in [5.41, 5.74) is 2.78. The van der Waals surface area contributed by atoms with Gasteiger partial charge in [-0.3, -0.25) is 0 Å². The average molecular weight is 263 g/mol. The van der Waals surface area contributed by atoms with Gasteiger partial charge < -0.3 is 20.4 Å². The predicted molar refractivity (Wildman–Crippen MR) is 75.6 cm³/mol. The maximum absolute atomic E-state index is 9.83. The fourth-order valence-electron chi connectivity index (χ4n) is 1.81. The molecule has 1 heterocycles. The van der Waals surface area contributed by atoms with Crippen LogP contribution in [0.2, 0.25) is 0 Å². The number of anilines is 1. The molecule has 0 fully saturated rings. The molecule has 0 atom stereocenters. The molecule has 0 radical (unpaired) electrons. The van der Waals surface area contributed by atoms with E-state index < -0.39 is 0 Å². The van der Waals surface area contributed by atoms with E-state index in [1.54, 1.807) is 0 Å². The minimum absolute atomic E-state index is 0.332. The summed E-state index contributed by atoms with van der Waals surface area (Å²) in [6.45, 7) is 2.70. The molecule has 0 aliphatic heterocycles. The lowest BCUT2D eigenvalue weighted by molar-refractivity contribution is 0.473. The number of aromatic amines is 2. The highest BCUT2D eigenvalue weighted by atomic mass is 32.1. The van der Waals surface area contributed by atoms with Crippen molar-refractivity contribution in [1.29, 1.82) is 0 Å². The number of rotatable bonds is 5. The summed E-state index contributed by atoms with van der Waals surface area (Å²) in [4.78, 5) is 6.02. The molecule has 0 saturated heterocycles. The minimum atomic E-state index is 0.332. The van der Waals surface area contributed by atoms with Gasteiger partial charge in [-0.2, -0.15) is 0 Å². The largest absolute Gasteiger partial charge is 0.506 e. The summed E-state index contributed by atoms with van der Waals surface area (Å²) in [6, 6.07) is 5.70. The number of para-hydroxylation sites is 1. The number of hydrogen-bond acceptors (Lipinski definition) is 3. The molecule has 4 N–H and O–H groups in total. The van der Waals surface area contributed by atoms with Crippen LogP contribution in [0.1, 0.15) is 17.7 Å². The monoisotopic (exact) mass is 263 g/mol. The molecule has 0 aliphatic rings. The van der Waals surface area contributed by atoms with Gasteiger partial charge in [-0.15, -0.1) is 0 Å². The molecule has 1 aromatic carbocycles. The van der Waals surface area contributed by atoms with Crippen LogP contribution < -0.4 is 5.32 Å². The van der Waals surface area contributed by atoms with Gasteiger partial charge in [0.05, 0.1) is 5.69 Å². The highest BCUT2D eigenvalue weighted by molar-refractivity contribution is 7.71. The van der Waals surface area contributed by atoms with Gasteiger partial charge in [0.15, 0.2) is 4.77 Å². The van der Waals surface area contributed by atoms with Crippen molar-refractivity contribution in [1.82, 2.24) is 9.97 Å². The third-order valence-corrected chi connectivity index (χ3v) is 3.05. The molecule has 0 spiro atoms. The van der Waals surface area contributed by atoms with E-state index in [0.717, 1.165) is 36.3 Å². The number of H-pyrrole nitrogens is 2. The number of aryl methyl sites for hydroxylation is 2. The maximum Gasteiger partial charge on any atom is 0.174 e. The standard InChI is InChI=1S/C13H17N3OS/c1-9-4-2-6-11(12(9)17)14-7-3-5-10-8-15-13(18)16-10/h2,4,6,8,14,17H,3,5,7H2,1H3,(H2,15,16,18). The first kappa shape index (κ1) is 12.7. The Balaban J connectivity index is 1.82. The molecule has 0 aliphatic carbocycles. The lowest BCUT2D eigenvalue weighted by Gasteiger charge is -2.09. The van der Waals surface area contributed by atoms with E-state index in [4.69, 9.17) is 12.2 Å². The molecule has 2 rings (SSSR count). The van der Waals surface area contributed by atoms with E-state index in [1.165, 1.54) is 0 Å². The van der Waals surface area contributed by atoms with Crippen molar-refractivity contribution in [3.05, 3.63) is 40.4 Å². The quantitative estimate of drug-likeness (QED) is 0.381. The van der Waals surface area contributed by atoms with Crippen molar-refractivity contribution in [2.45, 2.75) is 19.8 Å². The van der Waals surface area contributed by atoms with E-state index in [1.807, 2.05) is 31.3 Å². The van der Waals surface area contributed by atoms with E-state index >= 15 is 0 Å². The number of aromatic hydroxyl groups is 1. The summed E-state index contributed by atoms with van der Waals surface area (Å²) >= 11 is 4.96. The number of benzene rings is 1. The van der Waals surface area contributed by atoms with Crippen molar-refractivity contribution in [2.75, 3.05) is 11.9 Å². The van der Waals surface area contributed by atoms with Crippen LogP contribution >= 0.6 is 12.2 Å². The van der Waals surface area contributed by atoms with Crippen molar-refractivity contribution in [3.8, 4) is 5.75 Å². The zero-order valence-corrected chi connectivity index (χ0v) is 11.1. The minimum Gasteiger partial charge on any atom is -0.506 e. The van der Waals surface area contributed by atoms with Crippen molar-refractivity contribution < 1.29 is 5.11 Å². The number of phenolic OH excluding ortho intramolecular Hbond substituents is 1. The number of phenols is 1. The Kier molecular flexibility index (Phi) is 4.04. The first-order valence-electron chi connectivity index (χ1n) is 5.96. The molecule has 5 heteroatoms. The van der Waals surface area contributed by atoms with Crippen LogP contribution in [0.25, 0.3) is 0 Å². The normalized spacial score (nSPS) is 10.5. The Morgan fingerprint density at radius 2 is 2.22 bits per heavy atom. The van der Waals surface area contributed by atoms with Gasteiger partial charge in [0.1, 0.15) is 5.75 Å². The third-order valence-electron chi connectivity index (χ3n) is 2.83. The zero-order valence-electron chi connectivity index (χ0n) is 10.3. The van der Waals surface area contributed by atoms with E-state index in [-0.39, 0.29) is 0 Å². The Morgan fingerprint density at radius 3 is 2.94 bits per heavy atom. The predicted octanol–water partition coefficient (Wildman–Crippen LogP) is 3.13. The highest BCUT2D eigenvalue weighted by Gasteiger charge is 2.02. The summed E-state index contributed by atoms with van der Waals surface area (Å²) in [5, 5.41) is 13.1. The van der Waals surface area contributed by atoms with Crippen LogP contribution in [0.5, 0.6) is 5.75 Å². The van der Waals surface area contributed by atoms with Gasteiger partial charge in [-0.1, -0.05) is 12.1 Å². The summed E-state index contributed by atoms with van der Waals surface area (Å²) < 4.78 is 0.661. The fraction of sp³-hybridized carbons (Fsp3) is 0.308. The van der Waals surface area contributed by atoms with Crippen LogP contribution in [0.4, 0.5) is 5.69 Å². The molecule has 0 unspecified atom stereocenters. The first-order valence-corrected chi connectivity index (χ1v) is 6.36. The Hall–Kier alpha value is -1.75. The van der Waals surface area contributed by atoms with Gasteiger partial charge >= 0.3 is 0 Å². The molecule has 4 nitrogen and oxygen atoms in total. The van der Waals surface area contributed by atoms with Gasteiger partial charge in [0.2, 0.25) is 0 Å². The first-order chi connectivity index (χ1) is 8.66. The fourth-order valence-corrected chi connectivity index (χ4v) is 2.00. The second-order valence-electron chi connectivity index (χ2n) is 4.27. The Bertz CT molecular complexity index is 574. The molecule has 0 saturated carbocycles. The van der Waals surface area contributed by atoms with Gasteiger partial charge in [-0.05, 0) is 43.6 Å². The highest BCUT2D eigenvalue weighted by Crippen LogP contribution is 2.26. The summed E-state index contributed by atoms with van der Waals surface area (Å²) in [6.07, 6.45) is 3.79. The lowest BCUT2D eigenvalue weighted by Crippen LogP contribution is -2.03. The van der Waals surface area contributed by atoms with E-state index in [9.17, 15) is 5.11 Å². The number of imidazole rings is 1. The van der Waals surface area contributed by atoms with Crippen LogP contribution in [0.15, 0.2) is 24.4 Å². The van der Waals surface area contributed by atoms with E-state index in [0.29, 0.717) is 10.5 Å². The summed E-state index contributed by atoms with van der Waals surface area (Å²) in [7, 11) is 0. The van der Waals surface area contributed by atoms with E-state index in [2.05, 4.69) is 15.3 Å². The molecule has 96 valence electrons. The SMILES string of the molecule is Cc1cccc(NCCCc2c[nH]c(=S)[nH]2)c1O. The van der Waals surface area contributed by atoms with Crippen molar-refractivity contribution in [2.24, 2.45) is 0 Å². The second-order valence-corrected chi connectivity index (χ2v) is 4.68.